The number of nitro groups is 2. The molecule has 0 saturated carbocycles. The third-order valence-electron chi connectivity index (χ3n) is 5.72. The summed E-state index contributed by atoms with van der Waals surface area (Å²) in [7, 11) is 0. The molecule has 0 spiro atoms. The van der Waals surface area contributed by atoms with E-state index < -0.39 is 69.0 Å². The summed E-state index contributed by atoms with van der Waals surface area (Å²) >= 11 is 0. The van der Waals surface area contributed by atoms with Crippen LogP contribution in [-0.4, -0.2) is 57.1 Å². The molecular formula is C22H12N2O12. The van der Waals surface area contributed by atoms with E-state index in [1.807, 2.05) is 0 Å². The Morgan fingerprint density at radius 1 is 0.611 bits per heavy atom. The largest absolute Gasteiger partial charge is 0.451 e. The van der Waals surface area contributed by atoms with Crippen LogP contribution in [0, 0.1) is 32.1 Å². The summed E-state index contributed by atoms with van der Waals surface area (Å²) in [6.45, 7) is 0. The number of carbonyl (C=O) groups excluding carboxylic acids is 6. The van der Waals surface area contributed by atoms with Gasteiger partial charge in [0.2, 0.25) is 0 Å². The van der Waals surface area contributed by atoms with Crippen LogP contribution < -0.4 is 0 Å². The van der Waals surface area contributed by atoms with Crippen LogP contribution in [0.25, 0.3) is 0 Å². The predicted molar refractivity (Wildman–Crippen MR) is 112 cm³/mol. The number of ketones is 4. The molecule has 182 valence electrons. The van der Waals surface area contributed by atoms with Gasteiger partial charge in [0.25, 0.3) is 22.9 Å². The Kier molecular flexibility index (Phi) is 5.93. The first-order chi connectivity index (χ1) is 17.0. The van der Waals surface area contributed by atoms with Gasteiger partial charge in [0.05, 0.1) is 9.85 Å². The lowest BCUT2D eigenvalue weighted by Crippen LogP contribution is -2.44. The molecule has 0 aliphatic carbocycles. The van der Waals surface area contributed by atoms with Crippen molar-refractivity contribution in [2.24, 2.45) is 11.8 Å². The van der Waals surface area contributed by atoms with Gasteiger partial charge in [-0.2, -0.15) is 0 Å². The molecule has 2 saturated heterocycles. The molecular weight excluding hydrogens is 484 g/mol. The Bertz CT molecular complexity index is 1260. The molecule has 4 atom stereocenters. The highest BCUT2D eigenvalue weighted by Crippen LogP contribution is 2.35. The highest BCUT2D eigenvalue weighted by Gasteiger charge is 2.60. The van der Waals surface area contributed by atoms with E-state index in [1.54, 1.807) is 0 Å². The van der Waals surface area contributed by atoms with Gasteiger partial charge in [-0.25, -0.2) is 9.59 Å². The molecule has 14 heteroatoms. The van der Waals surface area contributed by atoms with Crippen molar-refractivity contribution in [2.45, 2.75) is 12.2 Å². The zero-order chi connectivity index (χ0) is 26.3. The third kappa shape index (κ3) is 4.00. The standard InChI is InChI=1S/C22H12N2O12/c25-15(9-1-5-11(6-2-9)23(31)32)13-17(27)21(29)35-19(13)20-14(18(28)22(30)36-20)16(26)10-3-7-12(8-4-10)24(33)34/h1-8,13-14,19-20H/t13-,14-,19+,20+/m1/s1. The Hall–Kier alpha value is -5.14. The average molecular weight is 496 g/mol. The van der Waals surface area contributed by atoms with Crippen molar-refractivity contribution in [3.8, 4) is 0 Å². The van der Waals surface area contributed by atoms with Crippen molar-refractivity contribution >= 4 is 46.4 Å². The number of hydrogen-bond donors (Lipinski definition) is 0. The molecule has 0 bridgehead atoms. The number of carbonyl (C=O) groups is 6. The topological polar surface area (TPSA) is 207 Å². The minimum absolute atomic E-state index is 0.212. The molecule has 2 aliphatic heterocycles. The van der Waals surface area contributed by atoms with Crippen LogP contribution in [0.1, 0.15) is 20.7 Å². The van der Waals surface area contributed by atoms with Crippen LogP contribution in [0.15, 0.2) is 48.5 Å². The van der Waals surface area contributed by atoms with Gasteiger partial charge in [0.1, 0.15) is 11.8 Å². The second-order valence-electron chi connectivity index (χ2n) is 7.76. The number of nitro benzene ring substituents is 2. The predicted octanol–water partition coefficient (Wildman–Crippen LogP) is 0.790. The first kappa shape index (κ1) is 24.0. The summed E-state index contributed by atoms with van der Waals surface area (Å²) in [6, 6.07) is 8.12. The van der Waals surface area contributed by atoms with E-state index in [9.17, 15) is 49.0 Å². The van der Waals surface area contributed by atoms with Gasteiger partial charge in [-0.1, -0.05) is 0 Å². The van der Waals surface area contributed by atoms with Crippen molar-refractivity contribution in [3.05, 3.63) is 79.9 Å². The van der Waals surface area contributed by atoms with Crippen LogP contribution >= 0.6 is 0 Å². The Balaban J connectivity index is 1.68. The van der Waals surface area contributed by atoms with Gasteiger partial charge in [-0.3, -0.25) is 39.4 Å². The Morgan fingerprint density at radius 3 is 1.19 bits per heavy atom. The average Bonchev–Trinajstić information content (AvgIpc) is 3.32. The number of ether oxygens (including phenoxy) is 2. The van der Waals surface area contributed by atoms with Gasteiger partial charge in [-0.05, 0) is 24.3 Å². The molecule has 36 heavy (non-hydrogen) atoms. The van der Waals surface area contributed by atoms with Crippen molar-refractivity contribution < 1.29 is 48.1 Å². The summed E-state index contributed by atoms with van der Waals surface area (Å²) in [5.74, 6) is -11.4. The maximum atomic E-state index is 13.1. The zero-order valence-corrected chi connectivity index (χ0v) is 17.7. The zero-order valence-electron chi connectivity index (χ0n) is 17.7. The SMILES string of the molecule is O=C1O[C@H]([C@H]2OC(=O)C(=O)[C@H]2C(=O)c2ccc([N+](=O)[O-])cc2)[C@H](C(=O)c2ccc([N+](=O)[O-])cc2)C1=O. The molecule has 0 N–H and O–H groups in total. The first-order valence-corrected chi connectivity index (χ1v) is 10.1. The lowest BCUT2D eigenvalue weighted by Gasteiger charge is -2.24. The van der Waals surface area contributed by atoms with Gasteiger partial charge in [0, 0.05) is 35.4 Å². The molecule has 2 aromatic rings. The first-order valence-electron chi connectivity index (χ1n) is 10.1. The minimum atomic E-state index is -1.91. The maximum Gasteiger partial charge on any atom is 0.376 e. The van der Waals surface area contributed by atoms with Crippen molar-refractivity contribution in [3.63, 3.8) is 0 Å². The van der Waals surface area contributed by atoms with E-state index >= 15 is 0 Å². The second kappa shape index (κ2) is 8.90. The molecule has 2 aliphatic rings. The molecule has 14 nitrogen and oxygen atoms in total. The fourth-order valence-electron chi connectivity index (χ4n) is 3.96. The quantitative estimate of drug-likeness (QED) is 0.130. The summed E-state index contributed by atoms with van der Waals surface area (Å²) in [5, 5.41) is 21.7. The van der Waals surface area contributed by atoms with Gasteiger partial charge in [0.15, 0.2) is 23.8 Å². The summed E-state index contributed by atoms with van der Waals surface area (Å²) in [5.41, 5.74) is -1.12. The van der Waals surface area contributed by atoms with Crippen LogP contribution in [0.3, 0.4) is 0 Å². The van der Waals surface area contributed by atoms with E-state index in [2.05, 4.69) is 0 Å². The number of nitrogens with zero attached hydrogens (tertiary/aromatic N) is 2. The molecule has 0 amide bonds. The molecule has 2 fully saturated rings. The molecule has 2 aromatic carbocycles. The number of Topliss-reactive ketones (excluding diaryl/α,β-unsaturated/α-hetero) is 4. The smallest absolute Gasteiger partial charge is 0.376 e. The maximum absolute atomic E-state index is 13.1. The Labute approximate surface area is 199 Å². The fraction of sp³-hybridized carbons (Fsp3) is 0.182. The molecule has 2 heterocycles. The lowest BCUT2D eigenvalue weighted by atomic mass is 9.81. The van der Waals surface area contributed by atoms with Gasteiger partial charge in [-0.15, -0.1) is 0 Å². The molecule has 0 radical (unpaired) electrons. The minimum Gasteiger partial charge on any atom is -0.451 e. The number of cyclic esters (lactones) is 2. The number of hydrogen-bond acceptors (Lipinski definition) is 12. The summed E-state index contributed by atoms with van der Waals surface area (Å²) in [6.07, 6.45) is -3.68. The molecule has 0 unspecified atom stereocenters. The van der Waals surface area contributed by atoms with Gasteiger partial charge >= 0.3 is 11.9 Å². The number of rotatable bonds is 7. The third-order valence-corrected chi connectivity index (χ3v) is 5.72. The van der Waals surface area contributed by atoms with Crippen LogP contribution in [-0.2, 0) is 28.7 Å². The molecule has 4 rings (SSSR count). The van der Waals surface area contributed by atoms with E-state index in [-0.39, 0.29) is 22.5 Å². The van der Waals surface area contributed by atoms with E-state index in [0.717, 1.165) is 48.5 Å². The van der Waals surface area contributed by atoms with E-state index in [4.69, 9.17) is 9.47 Å². The normalized spacial score (nSPS) is 23.2. The van der Waals surface area contributed by atoms with E-state index in [0.29, 0.717) is 0 Å². The van der Waals surface area contributed by atoms with Crippen molar-refractivity contribution in [1.29, 1.82) is 0 Å². The fourth-order valence-corrected chi connectivity index (χ4v) is 3.96. The van der Waals surface area contributed by atoms with E-state index in [1.165, 1.54) is 0 Å². The van der Waals surface area contributed by atoms with Crippen molar-refractivity contribution in [1.82, 2.24) is 0 Å². The Morgan fingerprint density at radius 2 is 0.917 bits per heavy atom. The number of benzene rings is 2. The van der Waals surface area contributed by atoms with Crippen LogP contribution in [0.5, 0.6) is 0 Å². The van der Waals surface area contributed by atoms with Crippen molar-refractivity contribution in [2.75, 3.05) is 0 Å². The number of esters is 2. The van der Waals surface area contributed by atoms with Crippen LogP contribution in [0.2, 0.25) is 0 Å². The van der Waals surface area contributed by atoms with Crippen LogP contribution in [0.4, 0.5) is 11.4 Å². The second-order valence-corrected chi connectivity index (χ2v) is 7.76. The highest BCUT2D eigenvalue weighted by molar-refractivity contribution is 6.43. The summed E-state index contributed by atoms with van der Waals surface area (Å²) in [4.78, 5) is 95.5. The monoisotopic (exact) mass is 496 g/mol. The number of non-ortho nitro benzene ring substituents is 2. The highest BCUT2D eigenvalue weighted by atomic mass is 16.6. The summed E-state index contributed by atoms with van der Waals surface area (Å²) < 4.78 is 9.90. The molecule has 0 aromatic heterocycles. The lowest BCUT2D eigenvalue weighted by molar-refractivity contribution is -0.385. The van der Waals surface area contributed by atoms with Gasteiger partial charge < -0.3 is 9.47 Å².